The van der Waals surface area contributed by atoms with Gasteiger partial charge in [-0.2, -0.15) is 11.8 Å². The van der Waals surface area contributed by atoms with E-state index in [-0.39, 0.29) is 46.6 Å². The summed E-state index contributed by atoms with van der Waals surface area (Å²) in [6.07, 6.45) is 10.1. The molecule has 1 amide bonds. The van der Waals surface area contributed by atoms with Crippen molar-refractivity contribution in [1.29, 1.82) is 0 Å². The minimum Gasteiger partial charge on any atom is -0.461 e. The van der Waals surface area contributed by atoms with Crippen LogP contribution >= 0.6 is 11.8 Å². The van der Waals surface area contributed by atoms with Crippen LogP contribution in [-0.2, 0) is 25.7 Å². The van der Waals surface area contributed by atoms with E-state index in [1.807, 2.05) is 17.6 Å². The number of Topliss-reactive ketones (excluding diaryl/α,β-unsaturated/α-hetero) is 1. The zero-order valence-electron chi connectivity index (χ0n) is 27.4. The number of amides is 1. The lowest BCUT2D eigenvalue weighted by Gasteiger charge is -2.61. The van der Waals surface area contributed by atoms with Crippen LogP contribution in [0.2, 0.25) is 0 Å². The number of aryl methyl sites for hydroxylation is 1. The number of fused-ring (bicyclic) bond motifs is 1. The Labute approximate surface area is 270 Å². The lowest BCUT2D eigenvalue weighted by atomic mass is 9.44. The fourth-order valence-corrected chi connectivity index (χ4v) is 9.48. The van der Waals surface area contributed by atoms with Crippen molar-refractivity contribution in [2.75, 3.05) is 25.1 Å². The monoisotopic (exact) mass is 639 g/mol. The van der Waals surface area contributed by atoms with Crippen molar-refractivity contribution in [3.05, 3.63) is 31.5 Å². The molecule has 3 saturated carbocycles. The summed E-state index contributed by atoms with van der Waals surface area (Å²) in [5.74, 6) is 0.818. The number of thioether (sulfide) groups is 1. The average Bonchev–Trinajstić information content (AvgIpc) is 3.61. The van der Waals surface area contributed by atoms with E-state index in [0.717, 1.165) is 25.7 Å². The number of nitrogens with zero attached hydrogens (tertiary/aromatic N) is 5. The van der Waals surface area contributed by atoms with Crippen molar-refractivity contribution in [3.63, 3.8) is 0 Å². The zero-order valence-corrected chi connectivity index (χ0v) is 28.2. The smallest absolute Gasteiger partial charge is 0.316 e. The number of rotatable bonds is 11. The van der Waals surface area contributed by atoms with Gasteiger partial charge in [0, 0.05) is 49.7 Å². The van der Waals surface area contributed by atoms with Crippen LogP contribution in [0.4, 0.5) is 0 Å². The van der Waals surface area contributed by atoms with Crippen LogP contribution in [0.3, 0.4) is 0 Å². The lowest BCUT2D eigenvalue weighted by molar-refractivity contribution is -0.205. The number of imidazole rings is 1. The highest BCUT2D eigenvalue weighted by atomic mass is 32.2. The molecule has 45 heavy (non-hydrogen) atoms. The van der Waals surface area contributed by atoms with E-state index in [4.69, 9.17) is 4.74 Å². The Morgan fingerprint density at radius 1 is 1.27 bits per heavy atom. The number of hydrogen-bond donors (Lipinski definition) is 1. The van der Waals surface area contributed by atoms with Gasteiger partial charge in [0.05, 0.1) is 24.4 Å². The molecule has 11 heteroatoms. The maximum absolute atomic E-state index is 13.6. The van der Waals surface area contributed by atoms with Crippen molar-refractivity contribution >= 4 is 40.6 Å². The molecule has 0 aromatic carbocycles. The average molecular weight is 640 g/mol. The first-order valence-corrected chi connectivity index (χ1v) is 17.5. The molecule has 8 atom stereocenters. The summed E-state index contributed by atoms with van der Waals surface area (Å²) < 4.78 is 8.19. The number of aliphatic hydroxyl groups excluding tert-OH is 1. The van der Waals surface area contributed by atoms with Gasteiger partial charge in [-0.3, -0.25) is 14.4 Å². The molecule has 1 N–H and O–H groups in total. The van der Waals surface area contributed by atoms with E-state index in [9.17, 15) is 19.5 Å². The fourth-order valence-electron chi connectivity index (χ4n) is 8.76. The maximum atomic E-state index is 13.6. The maximum Gasteiger partial charge on any atom is 0.316 e. The first kappa shape index (κ1) is 33.6. The molecule has 2 bridgehead atoms. The van der Waals surface area contributed by atoms with Crippen LogP contribution < -0.4 is 0 Å². The molecule has 246 valence electrons. The van der Waals surface area contributed by atoms with Crippen LogP contribution in [0.5, 0.6) is 0 Å². The summed E-state index contributed by atoms with van der Waals surface area (Å²) in [6, 6.07) is 0. The van der Waals surface area contributed by atoms with Gasteiger partial charge in [0.1, 0.15) is 23.7 Å². The van der Waals surface area contributed by atoms with Gasteiger partial charge < -0.3 is 19.3 Å². The van der Waals surface area contributed by atoms with E-state index in [0.29, 0.717) is 49.3 Å². The minimum absolute atomic E-state index is 0.0359. The predicted octanol–water partition coefficient (Wildman–Crippen LogP) is 4.70. The summed E-state index contributed by atoms with van der Waals surface area (Å²) in [4.78, 5) is 53.8. The number of esters is 1. The molecule has 0 saturated heterocycles. The summed E-state index contributed by atoms with van der Waals surface area (Å²) in [7, 11) is 1.80. The second kappa shape index (κ2) is 13.1. The van der Waals surface area contributed by atoms with E-state index in [2.05, 4.69) is 42.3 Å². The number of carbonyl (C=O) groups is 3. The molecule has 0 unspecified atom stereocenters. The van der Waals surface area contributed by atoms with E-state index < -0.39 is 23.0 Å². The van der Waals surface area contributed by atoms with Crippen LogP contribution in [0.25, 0.3) is 11.2 Å². The summed E-state index contributed by atoms with van der Waals surface area (Å²) in [5, 5.41) is 11.7. The van der Waals surface area contributed by atoms with Crippen LogP contribution in [0, 0.1) is 34.0 Å². The van der Waals surface area contributed by atoms with Crippen LogP contribution in [-0.4, -0.2) is 84.5 Å². The van der Waals surface area contributed by atoms with Gasteiger partial charge in [-0.1, -0.05) is 33.8 Å². The molecule has 2 aromatic rings. The Morgan fingerprint density at radius 3 is 2.80 bits per heavy atom. The van der Waals surface area contributed by atoms with Crippen molar-refractivity contribution in [1.82, 2.24) is 24.4 Å². The van der Waals surface area contributed by atoms with E-state index >= 15 is 0 Å². The Morgan fingerprint density at radius 2 is 2.04 bits per heavy atom. The number of ether oxygens (including phenoxy) is 1. The van der Waals surface area contributed by atoms with Crippen molar-refractivity contribution < 1.29 is 24.2 Å². The SMILES string of the molecule is C=C[C@]1(C)C[C@@H](OC(=O)CSCCCN(C)C(=O)CCn2cnc3cncnc32)[C@]2(C)[C@H](C)CC[C@]3(CCC(=O)[C@H]32)[C@@H](C)[C@@H]1O. The topological polar surface area (TPSA) is 128 Å². The van der Waals surface area contributed by atoms with Crippen molar-refractivity contribution in [3.8, 4) is 0 Å². The largest absolute Gasteiger partial charge is 0.461 e. The highest BCUT2D eigenvalue weighted by Crippen LogP contribution is 2.68. The molecule has 2 aromatic heterocycles. The number of carbonyl (C=O) groups excluding carboxylic acids is 3. The van der Waals surface area contributed by atoms with Gasteiger partial charge in [-0.05, 0) is 55.1 Å². The van der Waals surface area contributed by atoms with Crippen LogP contribution in [0.1, 0.15) is 72.6 Å². The number of aliphatic hydroxyl groups is 1. The summed E-state index contributed by atoms with van der Waals surface area (Å²) in [6.45, 7) is 13.6. The summed E-state index contributed by atoms with van der Waals surface area (Å²) >= 11 is 1.50. The molecular formula is C34H49N5O5S. The molecule has 2 heterocycles. The molecule has 3 aliphatic rings. The van der Waals surface area contributed by atoms with Gasteiger partial charge in [0.25, 0.3) is 0 Å². The Bertz CT molecular complexity index is 1430. The molecule has 5 rings (SSSR count). The second-order valence-electron chi connectivity index (χ2n) is 14.2. The quantitative estimate of drug-likeness (QED) is 0.211. The van der Waals surface area contributed by atoms with Crippen molar-refractivity contribution in [2.24, 2.45) is 34.0 Å². The summed E-state index contributed by atoms with van der Waals surface area (Å²) in [5.41, 5.74) is -0.0253. The highest BCUT2D eigenvalue weighted by Gasteiger charge is 2.68. The van der Waals surface area contributed by atoms with Crippen molar-refractivity contribution in [2.45, 2.75) is 91.4 Å². The second-order valence-corrected chi connectivity index (χ2v) is 15.3. The van der Waals surface area contributed by atoms with Gasteiger partial charge in [0.2, 0.25) is 5.91 Å². The van der Waals surface area contributed by atoms with Gasteiger partial charge in [0.15, 0.2) is 5.65 Å². The predicted molar refractivity (Wildman–Crippen MR) is 174 cm³/mol. The van der Waals surface area contributed by atoms with Crippen LogP contribution in [0.15, 0.2) is 31.5 Å². The first-order valence-electron chi connectivity index (χ1n) is 16.3. The van der Waals surface area contributed by atoms with Gasteiger partial charge >= 0.3 is 5.97 Å². The Kier molecular flexibility index (Phi) is 9.80. The number of ketones is 1. The molecule has 0 aliphatic heterocycles. The minimum atomic E-state index is -0.676. The van der Waals surface area contributed by atoms with Gasteiger partial charge in [-0.25, -0.2) is 15.0 Å². The third kappa shape index (κ3) is 6.06. The molecule has 3 aliphatic carbocycles. The Balaban J connectivity index is 1.15. The number of aromatic nitrogens is 4. The standard InChI is InChI=1S/C34H49N5O5S/c1-7-32(4)17-26(33(5)22(2)9-12-34(23(3)30(32)43)13-10-25(40)29(33)34)44-28(42)19-45-16-8-14-38(6)27(41)11-15-39-21-37-24-18-35-20-36-31(24)39/h7,18,20-23,26,29-30,43H,1,8-17,19H2,2-6H3/t22-,23+,26-,29+,30+,32-,33+,34+/m1/s1. The Hall–Kier alpha value is -2.79. The molecule has 3 fully saturated rings. The zero-order chi connectivity index (χ0) is 32.6. The highest BCUT2D eigenvalue weighted by molar-refractivity contribution is 7.99. The molecule has 10 nitrogen and oxygen atoms in total. The fraction of sp³-hybridized carbons (Fsp3) is 0.706. The normalized spacial score (nSPS) is 34.5. The van der Waals surface area contributed by atoms with E-state index in [1.54, 1.807) is 24.5 Å². The molecular weight excluding hydrogens is 590 g/mol. The molecule has 0 spiro atoms. The van der Waals surface area contributed by atoms with E-state index in [1.165, 1.54) is 18.1 Å². The third-order valence-electron chi connectivity index (χ3n) is 11.9. The third-order valence-corrected chi connectivity index (χ3v) is 12.9. The lowest BCUT2D eigenvalue weighted by Crippen LogP contribution is -2.63. The molecule has 0 radical (unpaired) electrons. The first-order chi connectivity index (χ1) is 21.4. The van der Waals surface area contributed by atoms with Gasteiger partial charge in [-0.15, -0.1) is 6.58 Å². The number of hydrogen-bond acceptors (Lipinski definition) is 9.